The summed E-state index contributed by atoms with van der Waals surface area (Å²) < 4.78 is 11.1. The van der Waals surface area contributed by atoms with Gasteiger partial charge in [0, 0.05) is 13.2 Å². The molecule has 2 rings (SSSR count). The molecule has 1 aliphatic heterocycles. The molecule has 0 bridgehead atoms. The lowest BCUT2D eigenvalue weighted by Crippen LogP contribution is -2.40. The fourth-order valence-corrected chi connectivity index (χ4v) is 2.04. The van der Waals surface area contributed by atoms with Crippen LogP contribution in [0.4, 0.5) is 0 Å². The Labute approximate surface area is 114 Å². The van der Waals surface area contributed by atoms with Gasteiger partial charge in [0.1, 0.15) is 5.75 Å². The summed E-state index contributed by atoms with van der Waals surface area (Å²) >= 11 is 0. The van der Waals surface area contributed by atoms with Crippen LogP contribution in [-0.2, 0) is 9.53 Å². The zero-order chi connectivity index (χ0) is 13.7. The van der Waals surface area contributed by atoms with Crippen LogP contribution in [0.2, 0.25) is 0 Å². The molecule has 19 heavy (non-hydrogen) atoms. The SMILES string of the molecule is Cc1ccc(O[C@@H](C)C(=O)NC[C@@H]2CCCO2)cc1. The first kappa shape index (κ1) is 13.9. The van der Waals surface area contributed by atoms with Crippen molar-refractivity contribution in [1.29, 1.82) is 0 Å². The van der Waals surface area contributed by atoms with Crippen LogP contribution in [0, 0.1) is 6.92 Å². The molecule has 1 aromatic carbocycles. The number of rotatable bonds is 5. The van der Waals surface area contributed by atoms with Crippen LogP contribution in [0.3, 0.4) is 0 Å². The second-order valence-corrected chi connectivity index (χ2v) is 4.95. The molecular weight excluding hydrogens is 242 g/mol. The van der Waals surface area contributed by atoms with E-state index in [9.17, 15) is 4.79 Å². The maximum Gasteiger partial charge on any atom is 0.260 e. The van der Waals surface area contributed by atoms with Crippen molar-refractivity contribution in [3.05, 3.63) is 29.8 Å². The van der Waals surface area contributed by atoms with Crippen molar-refractivity contribution in [2.75, 3.05) is 13.2 Å². The van der Waals surface area contributed by atoms with Gasteiger partial charge in [-0.3, -0.25) is 4.79 Å². The highest BCUT2D eigenvalue weighted by Crippen LogP contribution is 2.14. The zero-order valence-electron chi connectivity index (χ0n) is 11.5. The number of hydrogen-bond donors (Lipinski definition) is 1. The lowest BCUT2D eigenvalue weighted by Gasteiger charge is -2.16. The summed E-state index contributed by atoms with van der Waals surface area (Å²) in [6.45, 7) is 5.14. The van der Waals surface area contributed by atoms with Crippen molar-refractivity contribution in [2.45, 2.75) is 38.9 Å². The quantitative estimate of drug-likeness (QED) is 0.884. The molecule has 1 aromatic rings. The van der Waals surface area contributed by atoms with E-state index in [0.717, 1.165) is 19.4 Å². The summed E-state index contributed by atoms with van der Waals surface area (Å²) in [6, 6.07) is 7.68. The van der Waals surface area contributed by atoms with Crippen molar-refractivity contribution >= 4 is 5.91 Å². The maximum atomic E-state index is 11.9. The van der Waals surface area contributed by atoms with E-state index in [1.54, 1.807) is 6.92 Å². The molecule has 1 heterocycles. The molecule has 104 valence electrons. The summed E-state index contributed by atoms with van der Waals surface area (Å²) in [4.78, 5) is 11.9. The minimum absolute atomic E-state index is 0.101. The molecule has 0 aliphatic carbocycles. The molecule has 1 amide bonds. The van der Waals surface area contributed by atoms with Crippen molar-refractivity contribution in [2.24, 2.45) is 0 Å². The van der Waals surface area contributed by atoms with Crippen molar-refractivity contribution < 1.29 is 14.3 Å². The van der Waals surface area contributed by atoms with E-state index >= 15 is 0 Å². The Morgan fingerprint density at radius 3 is 2.84 bits per heavy atom. The second kappa shape index (κ2) is 6.57. The predicted molar refractivity (Wildman–Crippen MR) is 73.3 cm³/mol. The summed E-state index contributed by atoms with van der Waals surface area (Å²) in [7, 11) is 0. The van der Waals surface area contributed by atoms with Gasteiger partial charge in [0.05, 0.1) is 6.10 Å². The van der Waals surface area contributed by atoms with Gasteiger partial charge in [-0.25, -0.2) is 0 Å². The Hall–Kier alpha value is -1.55. The number of carbonyl (C=O) groups is 1. The van der Waals surface area contributed by atoms with E-state index in [0.29, 0.717) is 12.3 Å². The topological polar surface area (TPSA) is 47.6 Å². The minimum atomic E-state index is -0.496. The highest BCUT2D eigenvalue weighted by Gasteiger charge is 2.19. The summed E-state index contributed by atoms with van der Waals surface area (Å²) in [5, 5.41) is 2.87. The Morgan fingerprint density at radius 2 is 2.21 bits per heavy atom. The highest BCUT2D eigenvalue weighted by molar-refractivity contribution is 5.80. The maximum absolute atomic E-state index is 11.9. The molecule has 1 aliphatic rings. The molecule has 1 saturated heterocycles. The van der Waals surface area contributed by atoms with E-state index in [2.05, 4.69) is 5.32 Å². The predicted octanol–water partition coefficient (Wildman–Crippen LogP) is 2.06. The van der Waals surface area contributed by atoms with Crippen LogP contribution in [0.1, 0.15) is 25.3 Å². The number of amides is 1. The smallest absolute Gasteiger partial charge is 0.260 e. The second-order valence-electron chi connectivity index (χ2n) is 4.95. The molecule has 0 unspecified atom stereocenters. The van der Waals surface area contributed by atoms with Crippen molar-refractivity contribution in [3.63, 3.8) is 0 Å². The van der Waals surface area contributed by atoms with E-state index in [-0.39, 0.29) is 12.0 Å². The Morgan fingerprint density at radius 1 is 1.47 bits per heavy atom. The minimum Gasteiger partial charge on any atom is -0.481 e. The molecule has 1 fully saturated rings. The van der Waals surface area contributed by atoms with Crippen LogP contribution in [0.5, 0.6) is 5.75 Å². The number of ether oxygens (including phenoxy) is 2. The number of hydrogen-bond acceptors (Lipinski definition) is 3. The summed E-state index contributed by atoms with van der Waals surface area (Å²) in [6.07, 6.45) is 1.77. The lowest BCUT2D eigenvalue weighted by atomic mass is 10.2. The molecule has 0 saturated carbocycles. The molecule has 2 atom stereocenters. The average molecular weight is 263 g/mol. The Balaban J connectivity index is 1.76. The van der Waals surface area contributed by atoms with E-state index < -0.39 is 6.10 Å². The van der Waals surface area contributed by atoms with E-state index in [4.69, 9.17) is 9.47 Å². The molecule has 0 spiro atoms. The number of benzene rings is 1. The van der Waals surface area contributed by atoms with E-state index in [1.165, 1.54) is 5.56 Å². The van der Waals surface area contributed by atoms with Crippen LogP contribution in [0.25, 0.3) is 0 Å². The lowest BCUT2D eigenvalue weighted by molar-refractivity contribution is -0.127. The summed E-state index contributed by atoms with van der Waals surface area (Å²) in [5.41, 5.74) is 1.17. The van der Waals surface area contributed by atoms with Gasteiger partial charge in [-0.15, -0.1) is 0 Å². The third-order valence-corrected chi connectivity index (χ3v) is 3.23. The molecule has 4 nitrogen and oxygen atoms in total. The largest absolute Gasteiger partial charge is 0.481 e. The van der Waals surface area contributed by atoms with Gasteiger partial charge < -0.3 is 14.8 Å². The standard InChI is InChI=1S/C15H21NO3/c1-11-5-7-13(8-6-11)19-12(2)15(17)16-10-14-4-3-9-18-14/h5-8,12,14H,3-4,9-10H2,1-2H3,(H,16,17)/t12-,14-/m0/s1. The number of carbonyl (C=O) groups excluding carboxylic acids is 1. The first-order chi connectivity index (χ1) is 9.15. The average Bonchev–Trinajstić information content (AvgIpc) is 2.91. The van der Waals surface area contributed by atoms with Crippen molar-refractivity contribution in [3.8, 4) is 5.75 Å². The Bertz CT molecular complexity index is 410. The van der Waals surface area contributed by atoms with Gasteiger partial charge in [0.2, 0.25) is 0 Å². The van der Waals surface area contributed by atoms with Crippen LogP contribution < -0.4 is 10.1 Å². The van der Waals surface area contributed by atoms with Crippen LogP contribution in [-0.4, -0.2) is 31.3 Å². The Kier molecular flexibility index (Phi) is 4.80. The van der Waals surface area contributed by atoms with Gasteiger partial charge in [-0.1, -0.05) is 17.7 Å². The number of aryl methyl sites for hydroxylation is 1. The molecule has 0 aromatic heterocycles. The molecular formula is C15H21NO3. The third-order valence-electron chi connectivity index (χ3n) is 3.23. The fourth-order valence-electron chi connectivity index (χ4n) is 2.04. The van der Waals surface area contributed by atoms with Crippen molar-refractivity contribution in [1.82, 2.24) is 5.32 Å². The molecule has 1 N–H and O–H groups in total. The first-order valence-electron chi connectivity index (χ1n) is 6.78. The number of nitrogens with one attached hydrogen (secondary N) is 1. The zero-order valence-corrected chi connectivity index (χ0v) is 11.5. The van der Waals surface area contributed by atoms with Crippen LogP contribution in [0.15, 0.2) is 24.3 Å². The fraction of sp³-hybridized carbons (Fsp3) is 0.533. The first-order valence-corrected chi connectivity index (χ1v) is 6.78. The van der Waals surface area contributed by atoms with Gasteiger partial charge in [-0.05, 0) is 38.8 Å². The summed E-state index contributed by atoms with van der Waals surface area (Å²) in [5.74, 6) is 0.612. The van der Waals surface area contributed by atoms with Gasteiger partial charge in [0.25, 0.3) is 5.91 Å². The van der Waals surface area contributed by atoms with E-state index in [1.807, 2.05) is 31.2 Å². The van der Waals surface area contributed by atoms with Gasteiger partial charge in [0.15, 0.2) is 6.10 Å². The molecule has 0 radical (unpaired) electrons. The normalized spacial score (nSPS) is 20.0. The molecule has 4 heteroatoms. The monoisotopic (exact) mass is 263 g/mol. The van der Waals surface area contributed by atoms with Gasteiger partial charge in [-0.2, -0.15) is 0 Å². The van der Waals surface area contributed by atoms with Crippen LogP contribution >= 0.6 is 0 Å². The van der Waals surface area contributed by atoms with Gasteiger partial charge >= 0.3 is 0 Å². The highest BCUT2D eigenvalue weighted by atomic mass is 16.5. The third kappa shape index (κ3) is 4.24.